The quantitative estimate of drug-likeness (QED) is 0.526. The number of hydrogen-bond donors (Lipinski definition) is 1. The van der Waals surface area contributed by atoms with Crippen LogP contribution in [0.2, 0.25) is 5.15 Å². The third-order valence-electron chi connectivity index (χ3n) is 2.29. The van der Waals surface area contributed by atoms with Crippen LogP contribution in [0.1, 0.15) is 0 Å². The van der Waals surface area contributed by atoms with E-state index >= 15 is 0 Å². The molecule has 0 saturated heterocycles. The van der Waals surface area contributed by atoms with Crippen molar-refractivity contribution in [2.24, 2.45) is 0 Å². The molecule has 1 N–H and O–H groups in total. The summed E-state index contributed by atoms with van der Waals surface area (Å²) in [6.07, 6.45) is 2.88. The fraction of sp³-hybridized carbons (Fsp3) is 0.0909. The van der Waals surface area contributed by atoms with E-state index in [9.17, 15) is 10.1 Å². The van der Waals surface area contributed by atoms with Crippen molar-refractivity contribution in [2.45, 2.75) is 0 Å². The van der Waals surface area contributed by atoms with Crippen molar-refractivity contribution in [3.8, 4) is 5.88 Å². The number of rotatable bonds is 4. The predicted molar refractivity (Wildman–Crippen MR) is 70.0 cm³/mol. The van der Waals surface area contributed by atoms with Crippen LogP contribution in [0.25, 0.3) is 0 Å². The summed E-state index contributed by atoms with van der Waals surface area (Å²) >= 11 is 5.71. The molecule has 98 valence electrons. The van der Waals surface area contributed by atoms with E-state index in [1.54, 1.807) is 12.1 Å². The number of nitrogens with one attached hydrogen (secondary N) is 1. The summed E-state index contributed by atoms with van der Waals surface area (Å²) in [4.78, 5) is 18.0. The van der Waals surface area contributed by atoms with Crippen molar-refractivity contribution in [1.82, 2.24) is 9.97 Å². The fourth-order valence-corrected chi connectivity index (χ4v) is 1.66. The minimum absolute atomic E-state index is 0.170. The van der Waals surface area contributed by atoms with Gasteiger partial charge in [0.05, 0.1) is 23.9 Å². The highest BCUT2D eigenvalue weighted by atomic mass is 35.5. The second-order valence-corrected chi connectivity index (χ2v) is 3.83. The van der Waals surface area contributed by atoms with Crippen LogP contribution >= 0.6 is 11.6 Å². The van der Waals surface area contributed by atoms with Gasteiger partial charge >= 0.3 is 5.69 Å². The first-order chi connectivity index (χ1) is 9.11. The van der Waals surface area contributed by atoms with Crippen molar-refractivity contribution in [3.05, 3.63) is 45.9 Å². The van der Waals surface area contributed by atoms with Gasteiger partial charge in [0.25, 0.3) is 0 Å². The molecule has 0 unspecified atom stereocenters. The third-order valence-corrected chi connectivity index (χ3v) is 2.56. The van der Waals surface area contributed by atoms with Crippen molar-refractivity contribution in [1.29, 1.82) is 0 Å². The topological polar surface area (TPSA) is 90.2 Å². The third kappa shape index (κ3) is 2.89. The number of halogens is 1. The zero-order valence-corrected chi connectivity index (χ0v) is 10.6. The van der Waals surface area contributed by atoms with E-state index in [0.717, 1.165) is 0 Å². The summed E-state index contributed by atoms with van der Waals surface area (Å²) in [5.74, 6) is 0.452. The molecule has 2 aromatic heterocycles. The van der Waals surface area contributed by atoms with Crippen LogP contribution in [0.5, 0.6) is 5.88 Å². The molecule has 0 amide bonds. The second kappa shape index (κ2) is 5.49. The zero-order chi connectivity index (χ0) is 13.8. The van der Waals surface area contributed by atoms with Crippen molar-refractivity contribution < 1.29 is 9.66 Å². The van der Waals surface area contributed by atoms with Crippen LogP contribution < -0.4 is 10.1 Å². The van der Waals surface area contributed by atoms with E-state index < -0.39 is 4.92 Å². The molecule has 0 aromatic carbocycles. The average molecular weight is 281 g/mol. The minimum Gasteiger partial charge on any atom is -0.481 e. The number of nitrogens with zero attached hydrogens (tertiary/aromatic N) is 3. The maximum Gasteiger partial charge on any atom is 0.329 e. The lowest BCUT2D eigenvalue weighted by atomic mass is 10.3. The first kappa shape index (κ1) is 13.0. The number of aromatic nitrogens is 2. The van der Waals surface area contributed by atoms with E-state index in [4.69, 9.17) is 16.3 Å². The van der Waals surface area contributed by atoms with Gasteiger partial charge in [-0.15, -0.1) is 0 Å². The van der Waals surface area contributed by atoms with Gasteiger partial charge in [-0.3, -0.25) is 10.1 Å². The number of hydrogen-bond acceptors (Lipinski definition) is 6. The molecule has 0 radical (unpaired) electrons. The number of anilines is 2. The standard InChI is InChI=1S/C11H9ClN4O3/c1-19-9-3-2-7(6-14-9)15-8-4-5-13-11(12)10(8)16(17)18/h2-6H,1H3,(H,13,15). The monoisotopic (exact) mass is 280 g/mol. The molecule has 7 nitrogen and oxygen atoms in total. The van der Waals surface area contributed by atoms with E-state index in [-0.39, 0.29) is 16.5 Å². The summed E-state index contributed by atoms with van der Waals surface area (Å²) in [6.45, 7) is 0. The number of nitro groups is 1. The molecule has 0 bridgehead atoms. The van der Waals surface area contributed by atoms with Crippen LogP contribution in [0.4, 0.5) is 17.1 Å². The lowest BCUT2D eigenvalue weighted by Crippen LogP contribution is -1.99. The van der Waals surface area contributed by atoms with E-state index in [0.29, 0.717) is 11.6 Å². The van der Waals surface area contributed by atoms with Crippen LogP contribution in [-0.2, 0) is 0 Å². The smallest absolute Gasteiger partial charge is 0.329 e. The van der Waals surface area contributed by atoms with Gasteiger partial charge in [0.1, 0.15) is 5.69 Å². The van der Waals surface area contributed by atoms with Gasteiger partial charge in [0.2, 0.25) is 11.0 Å². The first-order valence-electron chi connectivity index (χ1n) is 5.18. The first-order valence-corrected chi connectivity index (χ1v) is 5.55. The molecular weight excluding hydrogens is 272 g/mol. The molecule has 0 aliphatic heterocycles. The van der Waals surface area contributed by atoms with E-state index in [1.807, 2.05) is 0 Å². The lowest BCUT2D eigenvalue weighted by molar-refractivity contribution is -0.384. The van der Waals surface area contributed by atoms with Gasteiger partial charge < -0.3 is 10.1 Å². The minimum atomic E-state index is -0.589. The van der Waals surface area contributed by atoms with E-state index in [1.165, 1.54) is 25.6 Å². The Labute approximate surface area is 113 Å². The summed E-state index contributed by atoms with van der Waals surface area (Å²) in [6, 6.07) is 4.79. The Morgan fingerprint density at radius 2 is 2.16 bits per heavy atom. The molecule has 2 rings (SSSR count). The molecule has 0 atom stereocenters. The highest BCUT2D eigenvalue weighted by molar-refractivity contribution is 6.32. The van der Waals surface area contributed by atoms with Crippen molar-refractivity contribution in [2.75, 3.05) is 12.4 Å². The van der Waals surface area contributed by atoms with Crippen LogP contribution in [0, 0.1) is 10.1 Å². The maximum atomic E-state index is 10.9. The predicted octanol–water partition coefficient (Wildman–Crippen LogP) is 2.79. The molecule has 0 aliphatic rings. The molecule has 0 aliphatic carbocycles. The molecule has 0 saturated carbocycles. The Balaban J connectivity index is 2.32. The highest BCUT2D eigenvalue weighted by Crippen LogP contribution is 2.32. The zero-order valence-electron chi connectivity index (χ0n) is 9.83. The molecule has 2 heterocycles. The highest BCUT2D eigenvalue weighted by Gasteiger charge is 2.19. The van der Waals surface area contributed by atoms with Crippen LogP contribution in [0.15, 0.2) is 30.6 Å². The van der Waals surface area contributed by atoms with Gasteiger partial charge in [-0.2, -0.15) is 0 Å². The van der Waals surface area contributed by atoms with Crippen molar-refractivity contribution in [3.63, 3.8) is 0 Å². The van der Waals surface area contributed by atoms with Crippen LogP contribution in [0.3, 0.4) is 0 Å². The Bertz CT molecular complexity index is 603. The molecular formula is C11H9ClN4O3. The van der Waals surface area contributed by atoms with Crippen molar-refractivity contribution >= 4 is 28.7 Å². The molecule has 0 fully saturated rings. The molecule has 0 spiro atoms. The normalized spacial score (nSPS) is 10.0. The summed E-state index contributed by atoms with van der Waals surface area (Å²) in [5.41, 5.74) is 0.545. The number of pyridine rings is 2. The SMILES string of the molecule is COc1ccc(Nc2ccnc(Cl)c2[N+](=O)[O-])cn1. The van der Waals surface area contributed by atoms with Gasteiger partial charge in [0, 0.05) is 12.3 Å². The lowest BCUT2D eigenvalue weighted by Gasteiger charge is -2.07. The van der Waals surface area contributed by atoms with Gasteiger partial charge in [-0.25, -0.2) is 9.97 Å². The Kier molecular flexibility index (Phi) is 3.76. The summed E-state index contributed by atoms with van der Waals surface area (Å²) < 4.78 is 4.92. The maximum absolute atomic E-state index is 10.9. The molecule has 2 aromatic rings. The van der Waals surface area contributed by atoms with Gasteiger partial charge in [0.15, 0.2) is 0 Å². The van der Waals surface area contributed by atoms with Crippen LogP contribution in [-0.4, -0.2) is 22.0 Å². The molecule has 8 heteroatoms. The van der Waals surface area contributed by atoms with E-state index in [2.05, 4.69) is 15.3 Å². The van der Waals surface area contributed by atoms with Gasteiger partial charge in [-0.05, 0) is 12.1 Å². The largest absolute Gasteiger partial charge is 0.481 e. The Hall–Kier alpha value is -2.41. The molecule has 19 heavy (non-hydrogen) atoms. The number of ether oxygens (including phenoxy) is 1. The average Bonchev–Trinajstić information content (AvgIpc) is 2.39. The summed E-state index contributed by atoms with van der Waals surface area (Å²) in [5, 5.41) is 13.6. The Morgan fingerprint density at radius 3 is 2.74 bits per heavy atom. The second-order valence-electron chi connectivity index (χ2n) is 3.47. The van der Waals surface area contributed by atoms with Gasteiger partial charge in [-0.1, -0.05) is 11.6 Å². The number of methoxy groups -OCH3 is 1. The Morgan fingerprint density at radius 1 is 1.37 bits per heavy atom. The summed E-state index contributed by atoms with van der Waals surface area (Å²) in [7, 11) is 1.50. The fourth-order valence-electron chi connectivity index (χ4n) is 1.43.